The minimum atomic E-state index is 0.0892. The van der Waals surface area contributed by atoms with E-state index in [0.29, 0.717) is 6.54 Å². The van der Waals surface area contributed by atoms with E-state index in [0.717, 1.165) is 24.2 Å². The summed E-state index contributed by atoms with van der Waals surface area (Å²) in [6.45, 7) is 0.691. The molecule has 4 nitrogen and oxygen atoms in total. The fourth-order valence-electron chi connectivity index (χ4n) is 2.88. The van der Waals surface area contributed by atoms with E-state index in [1.807, 2.05) is 16.8 Å². The quantitative estimate of drug-likeness (QED) is 0.857. The van der Waals surface area contributed by atoms with Crippen LogP contribution in [0.1, 0.15) is 37.8 Å². The largest absolute Gasteiger partial charge is 0.330 e. The van der Waals surface area contributed by atoms with Crippen LogP contribution in [-0.2, 0) is 5.41 Å². The highest BCUT2D eigenvalue weighted by Crippen LogP contribution is 2.38. The van der Waals surface area contributed by atoms with Gasteiger partial charge in [0.15, 0.2) is 5.65 Å². The summed E-state index contributed by atoms with van der Waals surface area (Å²) in [6, 6.07) is 4.00. The Kier molecular flexibility index (Phi) is 2.59. The van der Waals surface area contributed by atoms with E-state index in [4.69, 9.17) is 5.73 Å². The van der Waals surface area contributed by atoms with Crippen molar-refractivity contribution < 1.29 is 0 Å². The maximum Gasteiger partial charge on any atom is 0.155 e. The van der Waals surface area contributed by atoms with E-state index in [9.17, 15) is 0 Å². The van der Waals surface area contributed by atoms with E-state index in [1.165, 1.54) is 19.3 Å². The summed E-state index contributed by atoms with van der Waals surface area (Å²) in [7, 11) is 0. The Morgan fingerprint density at radius 1 is 1.29 bits per heavy atom. The lowest BCUT2D eigenvalue weighted by molar-refractivity contribution is 0.293. The highest BCUT2D eigenvalue weighted by Gasteiger charge is 2.34. The zero-order valence-electron chi connectivity index (χ0n) is 9.97. The van der Waals surface area contributed by atoms with Crippen molar-refractivity contribution in [2.75, 3.05) is 6.54 Å². The van der Waals surface area contributed by atoms with Crippen molar-refractivity contribution in [2.45, 2.75) is 37.5 Å². The van der Waals surface area contributed by atoms with Gasteiger partial charge in [0.05, 0.1) is 5.69 Å². The molecule has 0 atom stereocenters. The number of rotatable bonds is 2. The van der Waals surface area contributed by atoms with Crippen LogP contribution in [-0.4, -0.2) is 21.1 Å². The SMILES string of the molecule is NCC1(c2cc3ncccn3n2)CCCCC1. The molecule has 1 saturated carbocycles. The van der Waals surface area contributed by atoms with Gasteiger partial charge in [-0.2, -0.15) is 5.10 Å². The fraction of sp³-hybridized carbons (Fsp3) is 0.538. The van der Waals surface area contributed by atoms with Gasteiger partial charge in [0.2, 0.25) is 0 Å². The summed E-state index contributed by atoms with van der Waals surface area (Å²) in [5.41, 5.74) is 8.15. The average Bonchev–Trinajstić information content (AvgIpc) is 2.84. The second-order valence-electron chi connectivity index (χ2n) is 5.00. The number of aromatic nitrogens is 3. The summed E-state index contributed by atoms with van der Waals surface area (Å²) in [5.74, 6) is 0. The van der Waals surface area contributed by atoms with E-state index in [1.54, 1.807) is 6.20 Å². The zero-order chi connectivity index (χ0) is 11.7. The molecular weight excluding hydrogens is 212 g/mol. The summed E-state index contributed by atoms with van der Waals surface area (Å²) < 4.78 is 1.85. The Morgan fingerprint density at radius 2 is 2.12 bits per heavy atom. The van der Waals surface area contributed by atoms with Crippen LogP contribution >= 0.6 is 0 Å². The molecule has 1 aliphatic carbocycles. The van der Waals surface area contributed by atoms with Gasteiger partial charge in [0, 0.05) is 30.4 Å². The average molecular weight is 230 g/mol. The lowest BCUT2D eigenvalue weighted by Gasteiger charge is -2.34. The highest BCUT2D eigenvalue weighted by molar-refractivity contribution is 5.41. The van der Waals surface area contributed by atoms with Crippen LogP contribution < -0.4 is 5.73 Å². The third kappa shape index (κ3) is 1.72. The van der Waals surface area contributed by atoms with Crippen LogP contribution in [0.4, 0.5) is 0 Å². The maximum absolute atomic E-state index is 6.02. The molecule has 2 N–H and O–H groups in total. The van der Waals surface area contributed by atoms with Crippen molar-refractivity contribution in [2.24, 2.45) is 5.73 Å². The van der Waals surface area contributed by atoms with Crippen molar-refractivity contribution in [3.05, 3.63) is 30.2 Å². The van der Waals surface area contributed by atoms with E-state index >= 15 is 0 Å². The maximum atomic E-state index is 6.02. The summed E-state index contributed by atoms with van der Waals surface area (Å²) in [5, 5.41) is 4.65. The minimum Gasteiger partial charge on any atom is -0.330 e. The molecule has 2 aromatic rings. The van der Waals surface area contributed by atoms with E-state index < -0.39 is 0 Å². The molecule has 0 aliphatic heterocycles. The molecule has 17 heavy (non-hydrogen) atoms. The number of fused-ring (bicyclic) bond motifs is 1. The molecule has 0 spiro atoms. The predicted molar refractivity (Wildman–Crippen MR) is 66.8 cm³/mol. The van der Waals surface area contributed by atoms with Crippen LogP contribution in [0.5, 0.6) is 0 Å². The molecular formula is C13H18N4. The van der Waals surface area contributed by atoms with E-state index in [2.05, 4.69) is 16.1 Å². The van der Waals surface area contributed by atoms with Gasteiger partial charge < -0.3 is 5.73 Å². The molecule has 0 saturated heterocycles. The summed E-state index contributed by atoms with van der Waals surface area (Å²) >= 11 is 0. The van der Waals surface area contributed by atoms with Gasteiger partial charge in [0.25, 0.3) is 0 Å². The second-order valence-corrected chi connectivity index (χ2v) is 5.00. The Hall–Kier alpha value is -1.42. The van der Waals surface area contributed by atoms with Gasteiger partial charge in [-0.25, -0.2) is 9.50 Å². The van der Waals surface area contributed by atoms with Gasteiger partial charge in [-0.15, -0.1) is 0 Å². The van der Waals surface area contributed by atoms with Gasteiger partial charge in [0.1, 0.15) is 0 Å². The summed E-state index contributed by atoms with van der Waals surface area (Å²) in [4.78, 5) is 4.32. The molecule has 2 aromatic heterocycles. The standard InChI is InChI=1S/C13H18N4/c14-10-13(5-2-1-3-6-13)11-9-12-15-7-4-8-17(12)16-11/h4,7-9H,1-3,5-6,10,14H2. The van der Waals surface area contributed by atoms with Crippen molar-refractivity contribution in [1.29, 1.82) is 0 Å². The molecule has 3 rings (SSSR count). The van der Waals surface area contributed by atoms with Crippen LogP contribution in [0.25, 0.3) is 5.65 Å². The van der Waals surface area contributed by atoms with Gasteiger partial charge in [-0.05, 0) is 18.9 Å². The lowest BCUT2D eigenvalue weighted by atomic mass is 9.72. The number of hydrogen-bond donors (Lipinski definition) is 1. The van der Waals surface area contributed by atoms with E-state index in [-0.39, 0.29) is 5.41 Å². The van der Waals surface area contributed by atoms with Crippen molar-refractivity contribution >= 4 is 5.65 Å². The molecule has 4 heteroatoms. The molecule has 0 unspecified atom stereocenters. The molecule has 0 radical (unpaired) electrons. The van der Waals surface area contributed by atoms with Crippen LogP contribution in [0, 0.1) is 0 Å². The molecule has 90 valence electrons. The molecule has 0 amide bonds. The number of hydrogen-bond acceptors (Lipinski definition) is 3. The van der Waals surface area contributed by atoms with Gasteiger partial charge in [-0.1, -0.05) is 19.3 Å². The third-order valence-corrected chi connectivity index (χ3v) is 3.98. The molecule has 1 fully saturated rings. The predicted octanol–water partition coefficient (Wildman–Crippen LogP) is 1.89. The van der Waals surface area contributed by atoms with Crippen molar-refractivity contribution in [3.8, 4) is 0 Å². The molecule has 0 aromatic carbocycles. The Morgan fingerprint density at radius 3 is 2.82 bits per heavy atom. The van der Waals surface area contributed by atoms with Crippen LogP contribution in [0.2, 0.25) is 0 Å². The van der Waals surface area contributed by atoms with Gasteiger partial charge >= 0.3 is 0 Å². The van der Waals surface area contributed by atoms with Crippen LogP contribution in [0.3, 0.4) is 0 Å². The minimum absolute atomic E-state index is 0.0892. The van der Waals surface area contributed by atoms with Gasteiger partial charge in [-0.3, -0.25) is 0 Å². The first-order valence-electron chi connectivity index (χ1n) is 6.35. The normalized spacial score (nSPS) is 19.6. The summed E-state index contributed by atoms with van der Waals surface area (Å²) in [6.07, 6.45) is 9.92. The second kappa shape index (κ2) is 4.11. The third-order valence-electron chi connectivity index (χ3n) is 3.98. The first-order chi connectivity index (χ1) is 8.34. The smallest absolute Gasteiger partial charge is 0.155 e. The first kappa shape index (κ1) is 10.7. The Labute approximate surface area is 101 Å². The fourth-order valence-corrected chi connectivity index (χ4v) is 2.88. The molecule has 2 heterocycles. The topological polar surface area (TPSA) is 56.2 Å². The monoisotopic (exact) mass is 230 g/mol. The van der Waals surface area contributed by atoms with Crippen LogP contribution in [0.15, 0.2) is 24.5 Å². The Balaban J connectivity index is 2.05. The van der Waals surface area contributed by atoms with Crippen molar-refractivity contribution in [3.63, 3.8) is 0 Å². The zero-order valence-corrected chi connectivity index (χ0v) is 9.97. The first-order valence-corrected chi connectivity index (χ1v) is 6.35. The highest BCUT2D eigenvalue weighted by atomic mass is 15.2. The number of nitrogens with zero attached hydrogens (tertiary/aromatic N) is 3. The number of nitrogens with two attached hydrogens (primary N) is 1. The molecule has 1 aliphatic rings. The lowest BCUT2D eigenvalue weighted by Crippen LogP contribution is -2.37. The molecule has 0 bridgehead atoms. The van der Waals surface area contributed by atoms with Crippen molar-refractivity contribution in [1.82, 2.24) is 14.6 Å². The Bertz CT molecular complexity index is 478.